The first-order valence-electron chi connectivity index (χ1n) is 8.56. The molecule has 4 aromatic rings. The highest BCUT2D eigenvalue weighted by atomic mass is 32.2. The summed E-state index contributed by atoms with van der Waals surface area (Å²) in [6, 6.07) is 16.5. The van der Waals surface area contributed by atoms with Gasteiger partial charge >= 0.3 is 0 Å². The topological polar surface area (TPSA) is 89.6 Å². The van der Waals surface area contributed by atoms with Crippen molar-refractivity contribution in [1.29, 1.82) is 5.26 Å². The Labute approximate surface area is 171 Å². The Hall–Kier alpha value is -3.95. The fourth-order valence-corrected chi connectivity index (χ4v) is 3.46. The second-order valence-electron chi connectivity index (χ2n) is 6.14. The molecule has 0 amide bonds. The fourth-order valence-electron chi connectivity index (χ4n) is 2.69. The number of aryl methyl sites for hydroxylation is 2. The van der Waals surface area contributed by atoms with Gasteiger partial charge in [0, 0.05) is 25.2 Å². The number of nitrogens with zero attached hydrogens (tertiary/aromatic N) is 8. The van der Waals surface area contributed by atoms with E-state index in [1.165, 1.54) is 11.8 Å². The third-order valence-electron chi connectivity index (χ3n) is 4.11. The molecule has 2 aromatic heterocycles. The summed E-state index contributed by atoms with van der Waals surface area (Å²) in [6.45, 7) is 7.16. The second kappa shape index (κ2) is 7.58. The molecule has 0 atom stereocenters. The van der Waals surface area contributed by atoms with Crippen molar-refractivity contribution < 1.29 is 0 Å². The molecule has 0 bridgehead atoms. The molecule has 2 heterocycles. The van der Waals surface area contributed by atoms with Crippen LogP contribution in [-0.2, 0) is 14.1 Å². The number of benzene rings is 2. The van der Waals surface area contributed by atoms with Crippen LogP contribution in [0.15, 0.2) is 58.8 Å². The molecule has 0 saturated carbocycles. The van der Waals surface area contributed by atoms with Crippen LogP contribution in [0, 0.1) is 17.9 Å². The second-order valence-corrected chi connectivity index (χ2v) is 7.07. The van der Waals surface area contributed by atoms with E-state index in [0.717, 1.165) is 11.1 Å². The molecular formula is C20H14N8S. The van der Waals surface area contributed by atoms with Crippen molar-refractivity contribution in [3.8, 4) is 28.8 Å². The predicted octanol–water partition coefficient (Wildman–Crippen LogP) is 3.85. The van der Waals surface area contributed by atoms with Gasteiger partial charge in [0.25, 0.3) is 0 Å². The predicted molar refractivity (Wildman–Crippen MR) is 108 cm³/mol. The first kappa shape index (κ1) is 18.4. The lowest BCUT2D eigenvalue weighted by atomic mass is 10.1. The summed E-state index contributed by atoms with van der Waals surface area (Å²) >= 11 is 1.34. The van der Waals surface area contributed by atoms with E-state index in [2.05, 4.69) is 31.1 Å². The van der Waals surface area contributed by atoms with Gasteiger partial charge in [-0.25, -0.2) is 24.2 Å². The Morgan fingerprint density at radius 3 is 2.10 bits per heavy atom. The summed E-state index contributed by atoms with van der Waals surface area (Å²) in [5.41, 5.74) is 2.67. The van der Waals surface area contributed by atoms with Crippen LogP contribution in [0.3, 0.4) is 0 Å². The van der Waals surface area contributed by atoms with Crippen molar-refractivity contribution >= 4 is 17.4 Å². The molecule has 0 spiro atoms. The third-order valence-corrected chi connectivity index (χ3v) is 5.19. The van der Waals surface area contributed by atoms with Gasteiger partial charge in [0.2, 0.25) is 0 Å². The lowest BCUT2D eigenvalue weighted by Crippen LogP contribution is -1.96. The SMILES string of the molecule is [C-]#[N+]c1cccc(-c2nc(Sc3nc(-c4cccc(C#N)c4)nn3C)n(C)n2)c1. The monoisotopic (exact) mass is 398 g/mol. The molecule has 0 aliphatic carbocycles. The summed E-state index contributed by atoms with van der Waals surface area (Å²) in [7, 11) is 3.62. The van der Waals surface area contributed by atoms with Crippen LogP contribution in [0.1, 0.15) is 5.56 Å². The van der Waals surface area contributed by atoms with Crippen LogP contribution in [0.5, 0.6) is 0 Å². The maximum absolute atomic E-state index is 9.09. The molecule has 0 radical (unpaired) electrons. The Balaban J connectivity index is 1.63. The lowest BCUT2D eigenvalue weighted by molar-refractivity contribution is 0.665. The maximum atomic E-state index is 9.09. The standard InChI is InChI=1S/C20H14N8S/c1-22-16-9-5-8-15(11-16)18-24-20(28(3)26-18)29-19-23-17(25-27(19)2)14-7-4-6-13(10-14)12-21/h4-11H,2-3H3. The Kier molecular flexibility index (Phi) is 4.82. The number of aromatic nitrogens is 6. The van der Waals surface area contributed by atoms with Crippen LogP contribution in [0.4, 0.5) is 5.69 Å². The zero-order valence-corrected chi connectivity index (χ0v) is 16.4. The molecule has 0 aliphatic rings. The summed E-state index contributed by atoms with van der Waals surface area (Å²) in [6.07, 6.45) is 0. The molecule has 2 aromatic carbocycles. The quantitative estimate of drug-likeness (QED) is 0.485. The van der Waals surface area contributed by atoms with Gasteiger partial charge in [-0.1, -0.05) is 30.3 Å². The minimum absolute atomic E-state index is 0.541. The average Bonchev–Trinajstić information content (AvgIpc) is 3.31. The zero-order chi connectivity index (χ0) is 20.4. The summed E-state index contributed by atoms with van der Waals surface area (Å²) < 4.78 is 3.35. The van der Waals surface area contributed by atoms with Crippen LogP contribution in [0.2, 0.25) is 0 Å². The molecule has 0 aliphatic heterocycles. The van der Waals surface area contributed by atoms with E-state index in [1.54, 1.807) is 33.6 Å². The van der Waals surface area contributed by atoms with Crippen LogP contribution in [0.25, 0.3) is 27.6 Å². The van der Waals surface area contributed by atoms with E-state index < -0.39 is 0 Å². The molecule has 0 unspecified atom stereocenters. The molecule has 4 rings (SSSR count). The Bertz CT molecular complexity index is 1190. The average molecular weight is 398 g/mol. The number of rotatable bonds is 4. The van der Waals surface area contributed by atoms with Gasteiger partial charge in [-0.3, -0.25) is 0 Å². The fraction of sp³-hybridized carbons (Fsp3) is 0.100. The first-order valence-corrected chi connectivity index (χ1v) is 9.37. The Morgan fingerprint density at radius 1 is 0.931 bits per heavy atom. The van der Waals surface area contributed by atoms with Gasteiger partial charge < -0.3 is 0 Å². The van der Waals surface area contributed by atoms with Crippen molar-refractivity contribution in [2.75, 3.05) is 0 Å². The number of hydrogen-bond acceptors (Lipinski definition) is 6. The van der Waals surface area contributed by atoms with E-state index in [1.807, 2.05) is 38.4 Å². The largest absolute Gasteiger partial charge is 0.243 e. The minimum Gasteiger partial charge on any atom is -0.243 e. The Morgan fingerprint density at radius 2 is 1.52 bits per heavy atom. The summed E-state index contributed by atoms with van der Waals surface area (Å²) in [5, 5.41) is 19.3. The highest BCUT2D eigenvalue weighted by Gasteiger charge is 2.16. The van der Waals surface area contributed by atoms with E-state index in [-0.39, 0.29) is 0 Å². The minimum atomic E-state index is 0.541. The van der Waals surface area contributed by atoms with Crippen molar-refractivity contribution in [3.05, 3.63) is 65.5 Å². The summed E-state index contributed by atoms with van der Waals surface area (Å²) in [4.78, 5) is 12.6. The van der Waals surface area contributed by atoms with E-state index in [0.29, 0.717) is 33.2 Å². The van der Waals surface area contributed by atoms with Gasteiger partial charge in [-0.2, -0.15) is 15.5 Å². The van der Waals surface area contributed by atoms with Crippen molar-refractivity contribution in [1.82, 2.24) is 29.5 Å². The normalized spacial score (nSPS) is 10.5. The lowest BCUT2D eigenvalue weighted by Gasteiger charge is -1.97. The van der Waals surface area contributed by atoms with Gasteiger partial charge in [0.1, 0.15) is 0 Å². The van der Waals surface area contributed by atoms with Crippen LogP contribution >= 0.6 is 11.8 Å². The van der Waals surface area contributed by atoms with E-state index in [9.17, 15) is 0 Å². The van der Waals surface area contributed by atoms with Gasteiger partial charge in [-0.05, 0) is 30.0 Å². The highest BCUT2D eigenvalue weighted by molar-refractivity contribution is 7.99. The van der Waals surface area contributed by atoms with Crippen LogP contribution < -0.4 is 0 Å². The molecular weight excluding hydrogens is 384 g/mol. The van der Waals surface area contributed by atoms with Gasteiger partial charge in [0.15, 0.2) is 27.6 Å². The van der Waals surface area contributed by atoms with E-state index >= 15 is 0 Å². The molecule has 9 heteroatoms. The zero-order valence-electron chi connectivity index (χ0n) is 15.6. The first-order chi connectivity index (χ1) is 14.1. The van der Waals surface area contributed by atoms with E-state index in [4.69, 9.17) is 11.8 Å². The maximum Gasteiger partial charge on any atom is 0.194 e. The van der Waals surface area contributed by atoms with Crippen molar-refractivity contribution in [2.45, 2.75) is 10.3 Å². The molecule has 29 heavy (non-hydrogen) atoms. The van der Waals surface area contributed by atoms with Crippen molar-refractivity contribution in [3.63, 3.8) is 0 Å². The number of hydrogen-bond donors (Lipinski definition) is 0. The molecule has 0 N–H and O–H groups in total. The molecule has 140 valence electrons. The number of nitriles is 1. The van der Waals surface area contributed by atoms with Crippen molar-refractivity contribution in [2.24, 2.45) is 14.1 Å². The molecule has 8 nitrogen and oxygen atoms in total. The molecule has 0 saturated heterocycles. The highest BCUT2D eigenvalue weighted by Crippen LogP contribution is 2.29. The smallest absolute Gasteiger partial charge is 0.194 e. The van der Waals surface area contributed by atoms with Gasteiger partial charge in [-0.15, -0.1) is 0 Å². The summed E-state index contributed by atoms with van der Waals surface area (Å²) in [5.74, 6) is 1.09. The third kappa shape index (κ3) is 3.72. The van der Waals surface area contributed by atoms with Crippen LogP contribution in [-0.4, -0.2) is 29.5 Å². The molecule has 0 fully saturated rings. The van der Waals surface area contributed by atoms with Gasteiger partial charge in [0.05, 0.1) is 18.2 Å².